The third kappa shape index (κ3) is 22.2. The van der Waals surface area contributed by atoms with Crippen molar-refractivity contribution in [2.75, 3.05) is 33.0 Å². The van der Waals surface area contributed by atoms with Gasteiger partial charge in [0.05, 0.1) is 19.4 Å². The van der Waals surface area contributed by atoms with Gasteiger partial charge in [0.15, 0.2) is 0 Å². The number of esters is 1. The average Bonchev–Trinajstić information content (AvgIpc) is 1.57. The van der Waals surface area contributed by atoms with E-state index in [9.17, 15) is 28.8 Å². The molecule has 0 saturated carbocycles. The Morgan fingerprint density at radius 2 is 1.00 bits per heavy atom. The highest BCUT2D eigenvalue weighted by atomic mass is 16.6. The molecule has 12 N–H and O–H groups in total. The number of hydrogen-bond donors (Lipinski definition) is 10. The summed E-state index contributed by atoms with van der Waals surface area (Å²) in [7, 11) is 0. The number of nitrogens with two attached hydrogens (primary N) is 2. The molecular weight excluding hydrogens is 1430 g/mol. The monoisotopic (exact) mass is 1520 g/mol. The van der Waals surface area contributed by atoms with Crippen molar-refractivity contribution in [3.63, 3.8) is 0 Å². The first-order chi connectivity index (χ1) is 53.5. The van der Waals surface area contributed by atoms with Gasteiger partial charge in [0, 0.05) is 51.2 Å². The van der Waals surface area contributed by atoms with Gasteiger partial charge in [-0.3, -0.25) is 43.2 Å². The highest BCUT2D eigenvalue weighted by Crippen LogP contribution is 2.45. The summed E-state index contributed by atoms with van der Waals surface area (Å²) in [5.74, 6) is -8.71. The summed E-state index contributed by atoms with van der Waals surface area (Å²) >= 11 is 0. The molecule has 8 aromatic carbocycles. The fraction of sp³-hybridized carbons (Fsp3) is 0.337. The predicted octanol–water partition coefficient (Wildman–Crippen LogP) is 8.02. The van der Waals surface area contributed by atoms with E-state index in [0.29, 0.717) is 33.6 Å². The van der Waals surface area contributed by atoms with E-state index in [4.69, 9.17) is 35.2 Å². The fourth-order valence-corrected chi connectivity index (χ4v) is 13.7. The Labute approximate surface area is 649 Å². The molecular formula is C86H96N10O16. The summed E-state index contributed by atoms with van der Waals surface area (Å²) < 4.78 is 28.7. The Balaban J connectivity index is 0.952. The standard InChI is InChI=1S/C86H96N10O16/c1-83(2,3)111-74(99)41-40-67(76(101)92-71(78(103)90-68(75(88)100)51-72(87)97)52-73(98)95-86(58-24-10-7-11-25-58,59-26-12-8-13-27-59)60-28-14-9-15-29-60)93-80(105)85(42-45-108-46-43-85)96-79(104)70(50-55-34-37-56-22-16-17-23-57(56)48-55)91-77(102)69(49-54-35-38-61(39-36-54)109-47-44-89-81(106)112-84(4,5)6)94-82(107)110-53-66-64-32-20-18-30-62(64)63-31-19-21-33-65(63)66/h7-39,48,66-71H,40-47,49-53H2,1-6H3,(H2,87,97)(H2,88,100)(H,89,106)(H,90,103)(H,91,102)(H,92,101)(H,93,105)(H,94,107)(H,95,98)(H,96,104)/t67-,68-,69-,70-,71-/m0/s1. The van der Waals surface area contributed by atoms with Crippen LogP contribution >= 0.6 is 0 Å². The molecule has 0 spiro atoms. The Morgan fingerprint density at radius 3 is 1.57 bits per heavy atom. The van der Waals surface area contributed by atoms with Crippen LogP contribution in [0.5, 0.6) is 5.75 Å². The van der Waals surface area contributed by atoms with E-state index in [1.807, 2.05) is 121 Å². The van der Waals surface area contributed by atoms with E-state index >= 15 is 24.0 Å². The van der Waals surface area contributed by atoms with Crippen molar-refractivity contribution >= 4 is 76.2 Å². The van der Waals surface area contributed by atoms with Gasteiger partial charge in [-0.05, 0) is 121 Å². The summed E-state index contributed by atoms with van der Waals surface area (Å²) in [6.45, 7) is 10.0. The zero-order valence-corrected chi connectivity index (χ0v) is 63.5. The number of alkyl carbamates (subject to hydrolysis) is 2. The van der Waals surface area contributed by atoms with Crippen LogP contribution in [-0.4, -0.2) is 145 Å². The Morgan fingerprint density at radius 1 is 0.500 bits per heavy atom. The van der Waals surface area contributed by atoms with Gasteiger partial charge < -0.3 is 77.7 Å². The van der Waals surface area contributed by atoms with Crippen LogP contribution in [-0.2, 0) is 80.5 Å². The largest absolute Gasteiger partial charge is 0.492 e. The number of carbonyl (C=O) groups is 11. The second-order valence-corrected chi connectivity index (χ2v) is 29.7. The molecule has 1 aliphatic heterocycles. The number of rotatable bonds is 33. The Bertz CT molecular complexity index is 4540. The summed E-state index contributed by atoms with van der Waals surface area (Å²) in [5.41, 5.74) is 12.9. The molecule has 1 heterocycles. The SMILES string of the molecule is CC(C)(C)OC(=O)CC[C@H](NC(=O)C1(NC(=O)[C@H](Cc2ccc3ccccc3c2)NC(=O)[C@H](Cc2ccc(OCCNC(=O)OC(C)(C)C)cc2)NC(=O)OCC2c3ccccc3-c3ccccc32)CCOCC1)C(=O)N[C@@H](CC(=O)NC(c1ccccc1)(c1ccccc1)c1ccccc1)C(=O)N[C@@H](CC(N)=O)C(N)=O. The van der Waals surface area contributed by atoms with Gasteiger partial charge >= 0.3 is 18.2 Å². The van der Waals surface area contributed by atoms with Gasteiger partial charge in [-0.2, -0.15) is 0 Å². The molecule has 1 fully saturated rings. The van der Waals surface area contributed by atoms with Gasteiger partial charge in [-0.15, -0.1) is 0 Å². The highest BCUT2D eigenvalue weighted by Gasteiger charge is 2.46. The molecule has 26 nitrogen and oxygen atoms in total. The molecule has 0 unspecified atom stereocenters. The maximum atomic E-state index is 15.7. The molecule has 2 aliphatic rings. The minimum absolute atomic E-state index is 0.0847. The smallest absolute Gasteiger partial charge is 0.407 e. The normalized spacial score (nSPS) is 14.4. The van der Waals surface area contributed by atoms with E-state index in [1.54, 1.807) is 126 Å². The van der Waals surface area contributed by atoms with Crippen molar-refractivity contribution in [2.45, 2.75) is 151 Å². The van der Waals surface area contributed by atoms with Crippen LogP contribution in [0.1, 0.15) is 125 Å². The minimum Gasteiger partial charge on any atom is -0.492 e. The average molecular weight is 1530 g/mol. The highest BCUT2D eigenvalue weighted by molar-refractivity contribution is 6.00. The Hall–Kier alpha value is -12.5. The van der Waals surface area contributed by atoms with Crippen LogP contribution < -0.4 is 58.7 Å². The number of amides is 10. The molecule has 10 rings (SSSR count). The van der Waals surface area contributed by atoms with Crippen LogP contribution in [0.15, 0.2) is 206 Å². The van der Waals surface area contributed by atoms with Gasteiger partial charge in [0.2, 0.25) is 47.3 Å². The summed E-state index contributed by atoms with van der Waals surface area (Å²) in [6, 6.07) is 54.0. The van der Waals surface area contributed by atoms with Crippen molar-refractivity contribution in [2.24, 2.45) is 11.5 Å². The van der Waals surface area contributed by atoms with E-state index in [0.717, 1.165) is 33.0 Å². The van der Waals surface area contributed by atoms with Gasteiger partial charge in [-0.1, -0.05) is 194 Å². The maximum Gasteiger partial charge on any atom is 0.407 e. The quantitative estimate of drug-likeness (QED) is 0.00805. The molecule has 112 heavy (non-hydrogen) atoms. The van der Waals surface area contributed by atoms with E-state index in [2.05, 4.69) is 42.5 Å². The van der Waals surface area contributed by atoms with Crippen molar-refractivity contribution in [1.29, 1.82) is 0 Å². The second-order valence-electron chi connectivity index (χ2n) is 29.7. The van der Waals surface area contributed by atoms with Crippen LogP contribution in [0.2, 0.25) is 0 Å². The summed E-state index contributed by atoms with van der Waals surface area (Å²) in [6.07, 6.45) is -4.94. The number of primary amides is 2. The van der Waals surface area contributed by atoms with E-state index in [-0.39, 0.29) is 64.6 Å². The van der Waals surface area contributed by atoms with Crippen LogP contribution in [0.25, 0.3) is 21.9 Å². The lowest BCUT2D eigenvalue weighted by molar-refractivity contribution is -0.155. The molecule has 5 atom stereocenters. The lowest BCUT2D eigenvalue weighted by Gasteiger charge is -2.38. The van der Waals surface area contributed by atoms with Crippen molar-refractivity contribution < 1.29 is 76.4 Å². The van der Waals surface area contributed by atoms with E-state index < -0.39 is 144 Å². The first kappa shape index (κ1) is 82.1. The second kappa shape index (κ2) is 37.3. The molecule has 8 aromatic rings. The molecule has 1 saturated heterocycles. The summed E-state index contributed by atoms with van der Waals surface area (Å²) in [5, 5.41) is 23.8. The molecule has 1 aliphatic carbocycles. The number of hydrogen-bond acceptors (Lipinski definition) is 16. The number of carbonyl (C=O) groups excluding carboxylic acids is 11. The maximum absolute atomic E-state index is 15.7. The van der Waals surface area contributed by atoms with Crippen molar-refractivity contribution in [1.82, 2.24) is 42.5 Å². The topological polar surface area (TPSA) is 382 Å². The van der Waals surface area contributed by atoms with Gasteiger partial charge in [-0.25, -0.2) is 9.59 Å². The zero-order valence-electron chi connectivity index (χ0n) is 63.5. The number of benzene rings is 8. The van der Waals surface area contributed by atoms with Gasteiger partial charge in [0.25, 0.3) is 0 Å². The number of ether oxygens (including phenoxy) is 5. The molecule has 0 radical (unpaired) electrons. The minimum atomic E-state index is -1.95. The molecule has 10 amide bonds. The van der Waals surface area contributed by atoms with Gasteiger partial charge in [0.1, 0.15) is 71.5 Å². The van der Waals surface area contributed by atoms with E-state index in [1.165, 1.54) is 0 Å². The number of nitrogens with one attached hydrogen (secondary N) is 8. The van der Waals surface area contributed by atoms with Crippen molar-refractivity contribution in [3.8, 4) is 16.9 Å². The summed E-state index contributed by atoms with van der Waals surface area (Å²) in [4.78, 5) is 158. The lowest BCUT2D eigenvalue weighted by Crippen LogP contribution is -2.67. The van der Waals surface area contributed by atoms with Crippen LogP contribution in [0, 0.1) is 0 Å². The first-order valence-corrected chi connectivity index (χ1v) is 37.2. The molecule has 0 bridgehead atoms. The first-order valence-electron chi connectivity index (χ1n) is 37.2. The van der Waals surface area contributed by atoms with Crippen LogP contribution in [0.3, 0.4) is 0 Å². The lowest BCUT2D eigenvalue weighted by atomic mass is 9.77. The number of fused-ring (bicyclic) bond motifs is 4. The fourth-order valence-electron chi connectivity index (χ4n) is 13.7. The predicted molar refractivity (Wildman–Crippen MR) is 418 cm³/mol. The molecule has 586 valence electrons. The zero-order chi connectivity index (χ0) is 80.2. The third-order valence-corrected chi connectivity index (χ3v) is 19.1. The molecule has 26 heteroatoms. The van der Waals surface area contributed by atoms with Crippen LogP contribution in [0.4, 0.5) is 9.59 Å². The van der Waals surface area contributed by atoms with Crippen molar-refractivity contribution in [3.05, 3.63) is 245 Å². The molecule has 0 aromatic heterocycles. The third-order valence-electron chi connectivity index (χ3n) is 19.1. The Kier molecular flexibility index (Phi) is 27.3.